The van der Waals surface area contributed by atoms with E-state index in [1.54, 1.807) is 0 Å². The summed E-state index contributed by atoms with van der Waals surface area (Å²) in [5.41, 5.74) is 0. The molecule has 0 amide bonds. The molecule has 6 heteroatoms. The van der Waals surface area contributed by atoms with Gasteiger partial charge in [0, 0.05) is 19.3 Å². The lowest BCUT2D eigenvalue weighted by molar-refractivity contribution is -0.167. The summed E-state index contributed by atoms with van der Waals surface area (Å²) in [6.07, 6.45) is 69.7. The maximum absolute atomic E-state index is 12.9. The van der Waals surface area contributed by atoms with Crippen LogP contribution in [-0.2, 0) is 28.6 Å². The van der Waals surface area contributed by atoms with Crippen LogP contribution in [0.2, 0.25) is 0 Å². The van der Waals surface area contributed by atoms with Crippen molar-refractivity contribution in [1.82, 2.24) is 0 Å². The molecule has 0 aromatic heterocycles. The van der Waals surface area contributed by atoms with Crippen molar-refractivity contribution < 1.29 is 28.6 Å². The summed E-state index contributed by atoms with van der Waals surface area (Å²) in [5, 5.41) is 0. The number of unbranched alkanes of at least 4 members (excludes halogenated alkanes) is 35. The van der Waals surface area contributed by atoms with E-state index in [0.29, 0.717) is 19.3 Å². The maximum Gasteiger partial charge on any atom is 0.306 e. The second-order valence-corrected chi connectivity index (χ2v) is 19.9. The molecule has 1 atom stereocenters. The van der Waals surface area contributed by atoms with Crippen LogP contribution in [0.3, 0.4) is 0 Å². The van der Waals surface area contributed by atoms with Crippen LogP contribution in [0, 0.1) is 0 Å². The lowest BCUT2D eigenvalue weighted by Gasteiger charge is -2.18. The molecule has 0 saturated heterocycles. The summed E-state index contributed by atoms with van der Waals surface area (Å²) in [4.78, 5) is 38.1. The molecule has 396 valence electrons. The first-order chi connectivity index (χ1) is 33.5. The van der Waals surface area contributed by atoms with Gasteiger partial charge in [-0.2, -0.15) is 0 Å². The molecule has 0 radical (unpaired) electrons. The number of rotatable bonds is 54. The van der Waals surface area contributed by atoms with Gasteiger partial charge in [0.2, 0.25) is 0 Å². The SMILES string of the molecule is CCC/C=C\CCCCCCCC(=O)OCC(COC(=O)CCCCCCCC/C=C\C/C=C\C/C=C\CCCCCCC)OC(=O)CCCCCCCCCCCCCCCCCCCCC. The van der Waals surface area contributed by atoms with E-state index < -0.39 is 6.10 Å². The van der Waals surface area contributed by atoms with Crippen molar-refractivity contribution >= 4 is 17.9 Å². The third-order valence-corrected chi connectivity index (χ3v) is 13.0. The van der Waals surface area contributed by atoms with Crippen molar-refractivity contribution in [3.8, 4) is 0 Å². The number of allylic oxidation sites excluding steroid dienone is 8. The molecule has 0 aliphatic rings. The van der Waals surface area contributed by atoms with Crippen molar-refractivity contribution in [2.24, 2.45) is 0 Å². The molecule has 0 aromatic carbocycles. The van der Waals surface area contributed by atoms with Gasteiger partial charge in [0.05, 0.1) is 0 Å². The number of carbonyl (C=O) groups excluding carboxylic acids is 3. The van der Waals surface area contributed by atoms with E-state index in [1.165, 1.54) is 180 Å². The lowest BCUT2D eigenvalue weighted by Crippen LogP contribution is -2.30. The quantitative estimate of drug-likeness (QED) is 0.0262. The molecular formula is C62H112O6. The van der Waals surface area contributed by atoms with Crippen molar-refractivity contribution in [2.45, 2.75) is 316 Å². The minimum absolute atomic E-state index is 0.0794. The summed E-state index contributed by atoms with van der Waals surface area (Å²) in [6.45, 7) is 6.59. The van der Waals surface area contributed by atoms with Crippen LogP contribution in [0.25, 0.3) is 0 Å². The minimum Gasteiger partial charge on any atom is -0.462 e. The van der Waals surface area contributed by atoms with Gasteiger partial charge in [0.25, 0.3) is 0 Å². The minimum atomic E-state index is -0.779. The Morgan fingerprint density at radius 1 is 0.294 bits per heavy atom. The summed E-state index contributed by atoms with van der Waals surface area (Å²) in [7, 11) is 0. The molecule has 1 unspecified atom stereocenters. The highest BCUT2D eigenvalue weighted by molar-refractivity contribution is 5.71. The Kier molecular flexibility index (Phi) is 54.8. The topological polar surface area (TPSA) is 78.9 Å². The molecule has 6 nitrogen and oxygen atoms in total. The van der Waals surface area contributed by atoms with Crippen molar-refractivity contribution in [1.29, 1.82) is 0 Å². The highest BCUT2D eigenvalue weighted by atomic mass is 16.6. The monoisotopic (exact) mass is 953 g/mol. The molecule has 0 N–H and O–H groups in total. The molecule has 0 aromatic rings. The Balaban J connectivity index is 4.29. The Bertz CT molecular complexity index is 1190. The Labute approximate surface area is 422 Å². The first-order valence-corrected chi connectivity index (χ1v) is 29.6. The Hall–Kier alpha value is -2.63. The highest BCUT2D eigenvalue weighted by Gasteiger charge is 2.19. The predicted molar refractivity (Wildman–Crippen MR) is 293 cm³/mol. The van der Waals surface area contributed by atoms with Crippen LogP contribution < -0.4 is 0 Å². The van der Waals surface area contributed by atoms with Gasteiger partial charge in [-0.15, -0.1) is 0 Å². The van der Waals surface area contributed by atoms with Crippen LogP contribution in [0.1, 0.15) is 310 Å². The van der Waals surface area contributed by atoms with Crippen LogP contribution in [-0.4, -0.2) is 37.2 Å². The maximum atomic E-state index is 12.9. The summed E-state index contributed by atoms with van der Waals surface area (Å²) >= 11 is 0. The van der Waals surface area contributed by atoms with Gasteiger partial charge in [-0.05, 0) is 77.0 Å². The van der Waals surface area contributed by atoms with Gasteiger partial charge in [-0.1, -0.05) is 262 Å². The smallest absolute Gasteiger partial charge is 0.306 e. The first kappa shape index (κ1) is 65.4. The van der Waals surface area contributed by atoms with Gasteiger partial charge in [-0.25, -0.2) is 0 Å². The van der Waals surface area contributed by atoms with Gasteiger partial charge < -0.3 is 14.2 Å². The summed E-state index contributed by atoms with van der Waals surface area (Å²) in [6, 6.07) is 0. The molecule has 0 fully saturated rings. The van der Waals surface area contributed by atoms with Gasteiger partial charge in [-0.3, -0.25) is 14.4 Å². The number of ether oxygens (including phenoxy) is 3. The fraction of sp³-hybridized carbons (Fsp3) is 0.823. The number of carbonyl (C=O) groups is 3. The van der Waals surface area contributed by atoms with E-state index in [9.17, 15) is 14.4 Å². The molecule has 0 heterocycles. The van der Waals surface area contributed by atoms with E-state index in [1.807, 2.05) is 0 Å². The average Bonchev–Trinajstić information content (AvgIpc) is 3.34. The number of esters is 3. The average molecular weight is 954 g/mol. The Morgan fingerprint density at radius 2 is 0.559 bits per heavy atom. The molecule has 0 rings (SSSR count). The van der Waals surface area contributed by atoms with E-state index in [4.69, 9.17) is 14.2 Å². The van der Waals surface area contributed by atoms with Crippen molar-refractivity contribution in [3.63, 3.8) is 0 Å². The fourth-order valence-electron chi connectivity index (χ4n) is 8.57. The standard InChI is InChI=1S/C62H112O6/c1-4-7-10-13-16-19-22-24-26-28-30-31-33-34-36-38-40-43-46-49-52-55-61(64)67-58-59(57-66-60(63)54-51-48-45-42-21-18-15-12-9-6-3)68-62(65)56-53-50-47-44-41-39-37-35-32-29-27-25-23-20-17-14-11-8-5-2/h12,15,22,24,28,30,33-34,59H,4-11,13-14,16-21,23,25-27,29,31-32,35-58H2,1-3H3/b15-12-,24-22-,30-28-,34-33-. The highest BCUT2D eigenvalue weighted by Crippen LogP contribution is 2.17. The number of hydrogen-bond acceptors (Lipinski definition) is 6. The van der Waals surface area contributed by atoms with Gasteiger partial charge in [0.1, 0.15) is 13.2 Å². The van der Waals surface area contributed by atoms with Crippen LogP contribution in [0.15, 0.2) is 48.6 Å². The fourth-order valence-corrected chi connectivity index (χ4v) is 8.57. The molecule has 0 saturated carbocycles. The molecule has 68 heavy (non-hydrogen) atoms. The molecule has 0 spiro atoms. The third kappa shape index (κ3) is 54.3. The van der Waals surface area contributed by atoms with Crippen molar-refractivity contribution in [2.75, 3.05) is 13.2 Å². The lowest BCUT2D eigenvalue weighted by atomic mass is 10.0. The summed E-state index contributed by atoms with van der Waals surface area (Å²) < 4.78 is 16.8. The summed E-state index contributed by atoms with van der Waals surface area (Å²) in [5.74, 6) is -0.887. The van der Waals surface area contributed by atoms with Crippen molar-refractivity contribution in [3.05, 3.63) is 48.6 Å². The predicted octanol–water partition coefficient (Wildman–Crippen LogP) is 19.8. The second kappa shape index (κ2) is 57.0. The van der Waals surface area contributed by atoms with E-state index in [0.717, 1.165) is 89.9 Å². The molecular weight excluding hydrogens is 841 g/mol. The zero-order valence-electron chi connectivity index (χ0n) is 45.4. The molecule has 0 aliphatic heterocycles. The Morgan fingerprint density at radius 3 is 0.897 bits per heavy atom. The normalized spacial score (nSPS) is 12.3. The largest absolute Gasteiger partial charge is 0.462 e. The third-order valence-electron chi connectivity index (χ3n) is 13.0. The molecule has 0 aliphatic carbocycles. The van der Waals surface area contributed by atoms with Gasteiger partial charge in [0.15, 0.2) is 6.10 Å². The van der Waals surface area contributed by atoms with Crippen LogP contribution in [0.4, 0.5) is 0 Å². The van der Waals surface area contributed by atoms with Gasteiger partial charge >= 0.3 is 17.9 Å². The first-order valence-electron chi connectivity index (χ1n) is 29.6. The zero-order chi connectivity index (χ0) is 49.3. The second-order valence-electron chi connectivity index (χ2n) is 19.9. The van der Waals surface area contributed by atoms with Crippen LogP contribution >= 0.6 is 0 Å². The van der Waals surface area contributed by atoms with E-state index in [2.05, 4.69) is 69.4 Å². The van der Waals surface area contributed by atoms with E-state index in [-0.39, 0.29) is 31.1 Å². The van der Waals surface area contributed by atoms with Crippen LogP contribution in [0.5, 0.6) is 0 Å². The number of hydrogen-bond donors (Lipinski definition) is 0. The molecule has 0 bridgehead atoms. The zero-order valence-corrected chi connectivity index (χ0v) is 45.4. The van der Waals surface area contributed by atoms with E-state index >= 15 is 0 Å².